The fourth-order valence-electron chi connectivity index (χ4n) is 2.14. The number of carbonyl (C=O) groups excluding carboxylic acids is 2. The second-order valence-electron chi connectivity index (χ2n) is 4.79. The second-order valence-corrected chi connectivity index (χ2v) is 5.65. The van der Waals surface area contributed by atoms with Gasteiger partial charge in [-0.2, -0.15) is 0 Å². The van der Waals surface area contributed by atoms with Crippen LogP contribution in [0.4, 0.5) is 0 Å². The van der Waals surface area contributed by atoms with Gasteiger partial charge in [0.2, 0.25) is 0 Å². The fourth-order valence-corrected chi connectivity index (χ4v) is 2.64. The summed E-state index contributed by atoms with van der Waals surface area (Å²) in [5.41, 5.74) is 1.49. The lowest BCUT2D eigenvalue weighted by Gasteiger charge is -2.28. The third-order valence-corrected chi connectivity index (χ3v) is 4.20. The number of carbonyl (C=O) groups is 2. The number of fused-ring (bicyclic) bond motifs is 1. The quantitative estimate of drug-likeness (QED) is 0.749. The van der Waals surface area contributed by atoms with Crippen LogP contribution < -0.4 is 0 Å². The molecule has 0 aromatic heterocycles. The van der Waals surface area contributed by atoms with Crippen molar-refractivity contribution in [1.29, 1.82) is 0 Å². The number of rotatable bonds is 1. The highest BCUT2D eigenvalue weighted by atomic mass is 79.9. The molecule has 0 unspecified atom stereocenters. The highest BCUT2D eigenvalue weighted by molar-refractivity contribution is 9.10. The van der Waals surface area contributed by atoms with Crippen LogP contribution in [0.2, 0.25) is 0 Å². The fraction of sp³-hybridized carbons (Fsp3) is 0.385. The van der Waals surface area contributed by atoms with Gasteiger partial charge >= 0.3 is 5.97 Å². The van der Waals surface area contributed by atoms with Crippen LogP contribution >= 0.6 is 15.9 Å². The first-order chi connectivity index (χ1) is 8.30. The Hall–Kier alpha value is -1.36. The second kappa shape index (κ2) is 4.09. The average molecular weight is 312 g/mol. The Balaban J connectivity index is 2.67. The third-order valence-electron chi connectivity index (χ3n) is 3.55. The monoisotopic (exact) mass is 311 g/mol. The van der Waals surface area contributed by atoms with E-state index >= 15 is 0 Å². The summed E-state index contributed by atoms with van der Waals surface area (Å²) in [7, 11) is 3.10. The summed E-state index contributed by atoms with van der Waals surface area (Å²) in [6, 6.07) is 3.42. The zero-order valence-corrected chi connectivity index (χ0v) is 12.3. The lowest BCUT2D eigenvalue weighted by Crippen LogP contribution is -2.35. The smallest absolute Gasteiger partial charge is 0.339 e. The zero-order chi connectivity index (χ0) is 13.7. The SMILES string of the molecule is COC(=O)c1cc2c(cc1Br)C(=O)N(C)C2(C)C. The van der Waals surface area contributed by atoms with E-state index in [4.69, 9.17) is 4.74 Å². The minimum atomic E-state index is -0.421. The van der Waals surface area contributed by atoms with E-state index in [2.05, 4.69) is 15.9 Å². The van der Waals surface area contributed by atoms with Gasteiger partial charge in [-0.15, -0.1) is 0 Å². The molecule has 96 valence electrons. The predicted molar refractivity (Wildman–Crippen MR) is 70.6 cm³/mol. The standard InChI is InChI=1S/C13H14BrNO3/c1-13(2)9-5-8(12(17)18-4)10(14)6-7(9)11(16)15(13)3/h5-6H,1-4H3. The number of hydrogen-bond donors (Lipinski definition) is 0. The summed E-state index contributed by atoms with van der Waals surface area (Å²) in [6.45, 7) is 3.90. The average Bonchev–Trinajstić information content (AvgIpc) is 2.49. The van der Waals surface area contributed by atoms with E-state index in [1.165, 1.54) is 7.11 Å². The minimum Gasteiger partial charge on any atom is -0.465 e. The summed E-state index contributed by atoms with van der Waals surface area (Å²) in [4.78, 5) is 25.4. The van der Waals surface area contributed by atoms with E-state index in [1.54, 1.807) is 24.1 Å². The minimum absolute atomic E-state index is 0.0351. The van der Waals surface area contributed by atoms with Gasteiger partial charge in [-0.25, -0.2) is 4.79 Å². The summed E-state index contributed by atoms with van der Waals surface area (Å²) in [6.07, 6.45) is 0. The van der Waals surface area contributed by atoms with Crippen LogP contribution in [0.3, 0.4) is 0 Å². The first-order valence-corrected chi connectivity index (χ1v) is 6.30. The Kier molecular flexibility index (Phi) is 2.97. The van der Waals surface area contributed by atoms with Gasteiger partial charge in [0.05, 0.1) is 18.2 Å². The normalized spacial score (nSPS) is 16.7. The van der Waals surface area contributed by atoms with Gasteiger partial charge in [0, 0.05) is 17.1 Å². The van der Waals surface area contributed by atoms with Crippen molar-refractivity contribution in [3.8, 4) is 0 Å². The van der Waals surface area contributed by atoms with Crippen LogP contribution in [0.5, 0.6) is 0 Å². The van der Waals surface area contributed by atoms with Crippen LogP contribution in [0.1, 0.15) is 40.1 Å². The van der Waals surface area contributed by atoms with Crippen molar-refractivity contribution in [2.75, 3.05) is 14.2 Å². The lowest BCUT2D eigenvalue weighted by atomic mass is 9.92. The van der Waals surface area contributed by atoms with Crippen molar-refractivity contribution in [1.82, 2.24) is 4.90 Å². The lowest BCUT2D eigenvalue weighted by molar-refractivity contribution is 0.0599. The number of amides is 1. The Morgan fingerprint density at radius 1 is 1.39 bits per heavy atom. The molecule has 4 nitrogen and oxygen atoms in total. The molecule has 0 spiro atoms. The summed E-state index contributed by atoms with van der Waals surface area (Å²) < 4.78 is 5.31. The van der Waals surface area contributed by atoms with E-state index in [-0.39, 0.29) is 5.91 Å². The number of nitrogens with zero attached hydrogens (tertiary/aromatic N) is 1. The largest absolute Gasteiger partial charge is 0.465 e. The molecule has 0 radical (unpaired) electrons. The number of ether oxygens (including phenoxy) is 1. The Labute approximate surface area is 114 Å². The van der Waals surface area contributed by atoms with Gasteiger partial charge in [-0.3, -0.25) is 4.79 Å². The Morgan fingerprint density at radius 2 is 2.00 bits per heavy atom. The maximum Gasteiger partial charge on any atom is 0.339 e. The molecule has 0 bridgehead atoms. The third kappa shape index (κ3) is 1.65. The zero-order valence-electron chi connectivity index (χ0n) is 10.7. The molecule has 0 N–H and O–H groups in total. The van der Waals surface area contributed by atoms with Crippen LogP contribution in [0, 0.1) is 0 Å². The number of halogens is 1. The molecule has 1 aliphatic rings. The Bertz CT molecular complexity index is 551. The molecule has 1 heterocycles. The van der Waals surface area contributed by atoms with E-state index in [1.807, 2.05) is 13.8 Å². The summed E-state index contributed by atoms with van der Waals surface area (Å²) in [5.74, 6) is -0.449. The number of benzene rings is 1. The van der Waals surface area contributed by atoms with Gasteiger partial charge in [0.1, 0.15) is 0 Å². The van der Waals surface area contributed by atoms with Crippen molar-refractivity contribution in [3.63, 3.8) is 0 Å². The van der Waals surface area contributed by atoms with Crippen LogP contribution in [-0.2, 0) is 10.3 Å². The van der Waals surface area contributed by atoms with E-state index in [9.17, 15) is 9.59 Å². The van der Waals surface area contributed by atoms with Crippen molar-refractivity contribution in [2.45, 2.75) is 19.4 Å². The molecule has 1 aromatic rings. The van der Waals surface area contributed by atoms with Gasteiger partial charge < -0.3 is 9.64 Å². The van der Waals surface area contributed by atoms with E-state index < -0.39 is 11.5 Å². The van der Waals surface area contributed by atoms with Gasteiger partial charge in [0.25, 0.3) is 5.91 Å². The molecular weight excluding hydrogens is 298 g/mol. The maximum absolute atomic E-state index is 12.1. The number of esters is 1. The Morgan fingerprint density at radius 3 is 2.56 bits per heavy atom. The molecule has 1 aromatic carbocycles. The number of methoxy groups -OCH3 is 1. The maximum atomic E-state index is 12.1. The van der Waals surface area contributed by atoms with Crippen LogP contribution in [0.15, 0.2) is 16.6 Å². The number of hydrogen-bond acceptors (Lipinski definition) is 3. The van der Waals surface area contributed by atoms with Gasteiger partial charge in [-0.1, -0.05) is 0 Å². The van der Waals surface area contributed by atoms with E-state index in [0.717, 1.165) is 5.56 Å². The molecule has 2 rings (SSSR count). The molecule has 0 saturated carbocycles. The molecule has 0 saturated heterocycles. The molecule has 0 aliphatic carbocycles. The topological polar surface area (TPSA) is 46.6 Å². The van der Waals surface area contributed by atoms with Crippen molar-refractivity contribution >= 4 is 27.8 Å². The van der Waals surface area contributed by atoms with Crippen molar-refractivity contribution in [3.05, 3.63) is 33.3 Å². The molecule has 1 aliphatic heterocycles. The van der Waals surface area contributed by atoms with Gasteiger partial charge in [-0.05, 0) is 47.5 Å². The molecule has 18 heavy (non-hydrogen) atoms. The van der Waals surface area contributed by atoms with Gasteiger partial charge in [0.15, 0.2) is 0 Å². The summed E-state index contributed by atoms with van der Waals surface area (Å²) >= 11 is 3.30. The van der Waals surface area contributed by atoms with E-state index in [0.29, 0.717) is 15.6 Å². The molecule has 0 atom stereocenters. The van der Waals surface area contributed by atoms with Crippen molar-refractivity contribution < 1.29 is 14.3 Å². The van der Waals surface area contributed by atoms with Crippen LogP contribution in [-0.4, -0.2) is 30.9 Å². The first-order valence-electron chi connectivity index (χ1n) is 5.51. The predicted octanol–water partition coefficient (Wildman–Crippen LogP) is 2.56. The molecule has 0 fully saturated rings. The summed E-state index contributed by atoms with van der Waals surface area (Å²) in [5, 5.41) is 0. The molecule has 5 heteroatoms. The van der Waals surface area contributed by atoms with Crippen molar-refractivity contribution in [2.24, 2.45) is 0 Å². The highest BCUT2D eigenvalue weighted by Gasteiger charge is 2.41. The molecule has 1 amide bonds. The molecular formula is C13H14BrNO3. The highest BCUT2D eigenvalue weighted by Crippen LogP contribution is 2.39. The first kappa shape index (κ1) is 13.1. The van der Waals surface area contributed by atoms with Crippen LogP contribution in [0.25, 0.3) is 0 Å².